The van der Waals surface area contributed by atoms with E-state index in [9.17, 15) is 9.59 Å². The van der Waals surface area contributed by atoms with E-state index in [1.165, 1.54) is 0 Å². The van der Waals surface area contributed by atoms with Gasteiger partial charge in [0.1, 0.15) is 5.76 Å². The van der Waals surface area contributed by atoms with Crippen LogP contribution in [0.25, 0.3) is 5.57 Å². The number of carbonyl (C=O) groups excluding carboxylic acids is 2. The Bertz CT molecular complexity index is 864. The number of carbonyl (C=O) groups is 2. The molecule has 1 saturated heterocycles. The Labute approximate surface area is 177 Å². The molecule has 0 atom stereocenters. The molecular weight excluding hydrogens is 384 g/mol. The third kappa shape index (κ3) is 3.84. The SMILES string of the molecule is COC1CCC2(CC1)NC(=O)C(c1cc(C)ccc1C)=C2OC(=O)N1CCOCC1. The van der Waals surface area contributed by atoms with Crippen LogP contribution in [0.5, 0.6) is 0 Å². The van der Waals surface area contributed by atoms with Crippen molar-refractivity contribution in [1.29, 1.82) is 0 Å². The van der Waals surface area contributed by atoms with Gasteiger partial charge in [0, 0.05) is 20.2 Å². The van der Waals surface area contributed by atoms with Crippen molar-refractivity contribution in [2.24, 2.45) is 0 Å². The second kappa shape index (κ2) is 8.40. The van der Waals surface area contributed by atoms with Crippen LogP contribution in [0.15, 0.2) is 24.0 Å². The first kappa shape index (κ1) is 20.9. The number of ether oxygens (including phenoxy) is 3. The van der Waals surface area contributed by atoms with Crippen molar-refractivity contribution in [1.82, 2.24) is 10.2 Å². The summed E-state index contributed by atoms with van der Waals surface area (Å²) in [5.74, 6) is 0.289. The van der Waals surface area contributed by atoms with E-state index in [1.54, 1.807) is 12.0 Å². The lowest BCUT2D eigenvalue weighted by atomic mass is 9.79. The van der Waals surface area contributed by atoms with Gasteiger partial charge in [-0.3, -0.25) is 4.79 Å². The van der Waals surface area contributed by atoms with Crippen molar-refractivity contribution in [3.8, 4) is 0 Å². The second-order valence-electron chi connectivity index (χ2n) is 8.46. The number of aryl methyl sites for hydroxylation is 2. The minimum atomic E-state index is -0.667. The smallest absolute Gasteiger partial charge is 0.411 e. The zero-order chi connectivity index (χ0) is 21.3. The van der Waals surface area contributed by atoms with Crippen LogP contribution in [0.1, 0.15) is 42.4 Å². The van der Waals surface area contributed by atoms with Gasteiger partial charge in [0.2, 0.25) is 0 Å². The summed E-state index contributed by atoms with van der Waals surface area (Å²) in [4.78, 5) is 27.8. The molecule has 1 saturated carbocycles. The maximum Gasteiger partial charge on any atom is 0.415 e. The van der Waals surface area contributed by atoms with Crippen LogP contribution in [0.4, 0.5) is 4.79 Å². The molecule has 0 unspecified atom stereocenters. The van der Waals surface area contributed by atoms with Crippen molar-refractivity contribution in [3.05, 3.63) is 40.6 Å². The van der Waals surface area contributed by atoms with Gasteiger partial charge in [0.25, 0.3) is 5.91 Å². The molecule has 0 bridgehead atoms. The lowest BCUT2D eigenvalue weighted by Gasteiger charge is -2.38. The average Bonchev–Trinajstić information content (AvgIpc) is 3.01. The first-order valence-electron chi connectivity index (χ1n) is 10.7. The van der Waals surface area contributed by atoms with Gasteiger partial charge in [-0.15, -0.1) is 0 Å². The molecule has 1 aromatic carbocycles. The van der Waals surface area contributed by atoms with Gasteiger partial charge >= 0.3 is 6.09 Å². The Morgan fingerprint density at radius 3 is 2.57 bits per heavy atom. The van der Waals surface area contributed by atoms with E-state index in [0.29, 0.717) is 50.5 Å². The fourth-order valence-electron chi connectivity index (χ4n) is 4.65. The lowest BCUT2D eigenvalue weighted by molar-refractivity contribution is -0.116. The van der Waals surface area contributed by atoms with Crippen molar-refractivity contribution in [2.75, 3.05) is 33.4 Å². The summed E-state index contributed by atoms with van der Waals surface area (Å²) >= 11 is 0. The number of nitrogens with one attached hydrogen (secondary N) is 1. The summed E-state index contributed by atoms with van der Waals surface area (Å²) in [5, 5.41) is 3.18. The van der Waals surface area contributed by atoms with Crippen molar-refractivity contribution in [3.63, 3.8) is 0 Å². The highest BCUT2D eigenvalue weighted by molar-refractivity contribution is 6.24. The van der Waals surface area contributed by atoms with Gasteiger partial charge in [0.05, 0.1) is 30.4 Å². The Hall–Kier alpha value is -2.38. The summed E-state index contributed by atoms with van der Waals surface area (Å²) in [5.41, 5.74) is 2.67. The van der Waals surface area contributed by atoms with Crippen LogP contribution < -0.4 is 5.32 Å². The Morgan fingerprint density at radius 2 is 1.90 bits per heavy atom. The predicted molar refractivity (Wildman–Crippen MR) is 112 cm³/mol. The maximum atomic E-state index is 13.2. The number of rotatable bonds is 3. The molecule has 1 N–H and O–H groups in total. The molecule has 2 aliphatic heterocycles. The molecule has 2 fully saturated rings. The van der Waals surface area contributed by atoms with Crippen molar-refractivity contribution < 1.29 is 23.8 Å². The number of hydrogen-bond donors (Lipinski definition) is 1. The Kier molecular flexibility index (Phi) is 5.84. The minimum absolute atomic E-state index is 0.161. The van der Waals surface area contributed by atoms with Crippen molar-refractivity contribution in [2.45, 2.75) is 51.2 Å². The van der Waals surface area contributed by atoms with Gasteiger partial charge in [-0.2, -0.15) is 0 Å². The standard InChI is InChI=1S/C23H30N2O5/c1-15-4-5-16(2)18(14-15)19-20(30-22(27)25-10-12-29-13-11-25)23(24-21(19)26)8-6-17(28-3)7-9-23/h4-5,14,17H,6-13H2,1-3H3,(H,24,26). The molecular formula is C23H30N2O5. The number of amides is 2. The van der Waals surface area contributed by atoms with Crippen LogP contribution >= 0.6 is 0 Å². The van der Waals surface area contributed by atoms with Gasteiger partial charge in [0.15, 0.2) is 0 Å². The predicted octanol–water partition coefficient (Wildman–Crippen LogP) is 2.94. The molecule has 0 radical (unpaired) electrons. The quantitative estimate of drug-likeness (QED) is 0.823. The van der Waals surface area contributed by atoms with Crippen LogP contribution in [0, 0.1) is 13.8 Å². The minimum Gasteiger partial charge on any atom is -0.411 e. The van der Waals surface area contributed by atoms with Gasteiger partial charge in [-0.1, -0.05) is 23.8 Å². The number of morpholine rings is 1. The first-order valence-corrected chi connectivity index (χ1v) is 10.7. The summed E-state index contributed by atoms with van der Waals surface area (Å²) in [6.07, 6.45) is 2.70. The van der Waals surface area contributed by atoms with E-state index in [2.05, 4.69) is 5.32 Å². The van der Waals surface area contributed by atoms with Gasteiger partial charge < -0.3 is 24.4 Å². The second-order valence-corrected chi connectivity index (χ2v) is 8.46. The van der Waals surface area contributed by atoms with E-state index in [1.807, 2.05) is 32.0 Å². The highest BCUT2D eigenvalue weighted by Crippen LogP contribution is 2.44. The van der Waals surface area contributed by atoms with Crippen LogP contribution in [-0.2, 0) is 19.0 Å². The zero-order valence-corrected chi connectivity index (χ0v) is 18.0. The van der Waals surface area contributed by atoms with Crippen molar-refractivity contribution >= 4 is 17.6 Å². The molecule has 4 rings (SSSR count). The van der Waals surface area contributed by atoms with E-state index >= 15 is 0 Å². The van der Waals surface area contributed by atoms with Gasteiger partial charge in [-0.05, 0) is 50.7 Å². The molecule has 2 amide bonds. The maximum absolute atomic E-state index is 13.2. The molecule has 7 nitrogen and oxygen atoms in total. The summed E-state index contributed by atoms with van der Waals surface area (Å²) in [6.45, 7) is 5.94. The molecule has 1 aliphatic carbocycles. The molecule has 0 aromatic heterocycles. The summed E-state index contributed by atoms with van der Waals surface area (Å²) in [7, 11) is 1.71. The molecule has 1 aromatic rings. The lowest BCUT2D eigenvalue weighted by Crippen LogP contribution is -2.50. The van der Waals surface area contributed by atoms with Crippen LogP contribution in [0.2, 0.25) is 0 Å². The van der Waals surface area contributed by atoms with Crippen LogP contribution in [0.3, 0.4) is 0 Å². The largest absolute Gasteiger partial charge is 0.415 e. The van der Waals surface area contributed by atoms with E-state index in [0.717, 1.165) is 29.5 Å². The third-order valence-electron chi connectivity index (χ3n) is 6.48. The molecule has 7 heteroatoms. The number of benzene rings is 1. The first-order chi connectivity index (χ1) is 14.4. The number of hydrogen-bond acceptors (Lipinski definition) is 5. The number of methoxy groups -OCH3 is 1. The summed E-state index contributed by atoms with van der Waals surface area (Å²) in [6, 6.07) is 6.01. The highest BCUT2D eigenvalue weighted by atomic mass is 16.6. The third-order valence-corrected chi connectivity index (χ3v) is 6.48. The van der Waals surface area contributed by atoms with Gasteiger partial charge in [-0.25, -0.2) is 4.79 Å². The van der Waals surface area contributed by atoms with E-state index in [-0.39, 0.29) is 12.0 Å². The van der Waals surface area contributed by atoms with E-state index in [4.69, 9.17) is 14.2 Å². The molecule has 162 valence electrons. The number of nitrogens with zero attached hydrogens (tertiary/aromatic N) is 1. The Morgan fingerprint density at radius 1 is 1.20 bits per heavy atom. The monoisotopic (exact) mass is 414 g/mol. The van der Waals surface area contributed by atoms with E-state index < -0.39 is 11.6 Å². The zero-order valence-electron chi connectivity index (χ0n) is 18.0. The topological polar surface area (TPSA) is 77.1 Å². The Balaban J connectivity index is 1.75. The average molecular weight is 415 g/mol. The highest BCUT2D eigenvalue weighted by Gasteiger charge is 2.50. The van der Waals surface area contributed by atoms with Crippen LogP contribution in [-0.4, -0.2) is 62.0 Å². The molecule has 1 spiro atoms. The molecule has 3 aliphatic rings. The molecule has 2 heterocycles. The fourth-order valence-corrected chi connectivity index (χ4v) is 4.65. The molecule has 30 heavy (non-hydrogen) atoms. The normalized spacial score (nSPS) is 26.8. The fraction of sp³-hybridized carbons (Fsp3) is 0.565. The summed E-state index contributed by atoms with van der Waals surface area (Å²) < 4.78 is 16.9.